The van der Waals surface area contributed by atoms with Crippen molar-refractivity contribution in [1.82, 2.24) is 10.2 Å². The highest BCUT2D eigenvalue weighted by molar-refractivity contribution is 5.95. The Bertz CT molecular complexity index is 867. The van der Waals surface area contributed by atoms with Crippen LogP contribution in [0, 0.1) is 17.7 Å². The van der Waals surface area contributed by atoms with E-state index in [0.717, 1.165) is 11.3 Å². The fraction of sp³-hybridized carbons (Fsp3) is 0.391. The zero-order chi connectivity index (χ0) is 21.0. The van der Waals surface area contributed by atoms with Gasteiger partial charge in [0.25, 0.3) is 5.91 Å². The third-order valence-corrected chi connectivity index (χ3v) is 5.28. The summed E-state index contributed by atoms with van der Waals surface area (Å²) in [7, 11) is 1.60. The molecule has 2 aromatic rings. The van der Waals surface area contributed by atoms with E-state index >= 15 is 0 Å². The number of nitrogens with one attached hydrogen (secondary N) is 1. The van der Waals surface area contributed by atoms with Crippen molar-refractivity contribution < 1.29 is 18.7 Å². The summed E-state index contributed by atoms with van der Waals surface area (Å²) in [5.41, 5.74) is 0.989. The maximum absolute atomic E-state index is 14.1. The summed E-state index contributed by atoms with van der Waals surface area (Å²) in [6.45, 7) is 5.26. The maximum Gasteiger partial charge on any atom is 0.256 e. The minimum Gasteiger partial charge on any atom is -0.497 e. The zero-order valence-electron chi connectivity index (χ0n) is 17.0. The first-order valence-corrected chi connectivity index (χ1v) is 9.86. The highest BCUT2D eigenvalue weighted by Crippen LogP contribution is 2.34. The summed E-state index contributed by atoms with van der Waals surface area (Å²) < 4.78 is 19.3. The maximum atomic E-state index is 14.1. The molecule has 1 aliphatic rings. The van der Waals surface area contributed by atoms with Crippen LogP contribution in [0.1, 0.15) is 35.7 Å². The molecular weight excluding hydrogens is 371 g/mol. The number of amides is 2. The number of hydrogen-bond donors (Lipinski definition) is 1. The van der Waals surface area contributed by atoms with Crippen LogP contribution >= 0.6 is 0 Å². The van der Waals surface area contributed by atoms with Gasteiger partial charge in [0.2, 0.25) is 5.91 Å². The lowest BCUT2D eigenvalue weighted by molar-refractivity contribution is -0.125. The SMILES string of the molecule is COc1ccc([C@H]2CN(C(=O)c3ccccc3F)C[C@H]2C(=O)NCC(C)C)cc1. The molecule has 0 unspecified atom stereocenters. The molecular formula is C23H27FN2O3. The molecule has 0 aromatic heterocycles. The van der Waals surface area contributed by atoms with Gasteiger partial charge in [0.15, 0.2) is 0 Å². The molecule has 0 saturated carbocycles. The van der Waals surface area contributed by atoms with Gasteiger partial charge in [-0.25, -0.2) is 4.39 Å². The second kappa shape index (κ2) is 9.07. The van der Waals surface area contributed by atoms with Crippen molar-refractivity contribution in [2.75, 3.05) is 26.7 Å². The second-order valence-electron chi connectivity index (χ2n) is 7.82. The molecule has 2 aromatic carbocycles. The van der Waals surface area contributed by atoms with Crippen LogP contribution in [-0.2, 0) is 4.79 Å². The lowest BCUT2D eigenvalue weighted by Gasteiger charge is -2.19. The van der Waals surface area contributed by atoms with Crippen molar-refractivity contribution in [2.24, 2.45) is 11.8 Å². The van der Waals surface area contributed by atoms with Crippen LogP contribution in [0.4, 0.5) is 4.39 Å². The van der Waals surface area contributed by atoms with Crippen molar-refractivity contribution in [3.63, 3.8) is 0 Å². The summed E-state index contributed by atoms with van der Waals surface area (Å²) in [6.07, 6.45) is 0. The van der Waals surface area contributed by atoms with E-state index in [2.05, 4.69) is 5.32 Å². The van der Waals surface area contributed by atoms with Gasteiger partial charge in [0, 0.05) is 25.6 Å². The molecule has 0 aliphatic carbocycles. The molecule has 1 heterocycles. The topological polar surface area (TPSA) is 58.6 Å². The summed E-state index contributed by atoms with van der Waals surface area (Å²) in [5, 5.41) is 2.98. The van der Waals surface area contributed by atoms with E-state index in [4.69, 9.17) is 4.74 Å². The van der Waals surface area contributed by atoms with Gasteiger partial charge in [-0.1, -0.05) is 38.1 Å². The number of nitrogens with zero attached hydrogens (tertiary/aromatic N) is 1. The molecule has 154 valence electrons. The number of ether oxygens (including phenoxy) is 1. The van der Waals surface area contributed by atoms with Crippen molar-refractivity contribution in [2.45, 2.75) is 19.8 Å². The lowest BCUT2D eigenvalue weighted by atomic mass is 9.88. The van der Waals surface area contributed by atoms with Gasteiger partial charge in [-0.3, -0.25) is 9.59 Å². The number of likely N-dealkylation sites (tertiary alicyclic amines) is 1. The Labute approximate surface area is 170 Å². The van der Waals surface area contributed by atoms with Crippen LogP contribution in [0.5, 0.6) is 5.75 Å². The Morgan fingerprint density at radius 1 is 1.14 bits per heavy atom. The van der Waals surface area contributed by atoms with Gasteiger partial charge < -0.3 is 15.0 Å². The van der Waals surface area contributed by atoms with Crippen molar-refractivity contribution >= 4 is 11.8 Å². The van der Waals surface area contributed by atoms with Crippen molar-refractivity contribution in [3.05, 3.63) is 65.5 Å². The molecule has 5 nitrogen and oxygen atoms in total. The summed E-state index contributed by atoms with van der Waals surface area (Å²) >= 11 is 0. The minimum absolute atomic E-state index is 0.0317. The highest BCUT2D eigenvalue weighted by Gasteiger charge is 2.40. The molecule has 3 rings (SSSR count). The van der Waals surface area contributed by atoms with Crippen molar-refractivity contribution in [1.29, 1.82) is 0 Å². The Hall–Kier alpha value is -2.89. The van der Waals surface area contributed by atoms with E-state index in [-0.39, 0.29) is 29.8 Å². The molecule has 29 heavy (non-hydrogen) atoms. The van der Waals surface area contributed by atoms with E-state index in [1.165, 1.54) is 12.1 Å². The molecule has 1 fully saturated rings. The van der Waals surface area contributed by atoms with Crippen LogP contribution in [0.15, 0.2) is 48.5 Å². The predicted molar refractivity (Wildman–Crippen MR) is 109 cm³/mol. The van der Waals surface area contributed by atoms with Gasteiger partial charge in [-0.2, -0.15) is 0 Å². The van der Waals surface area contributed by atoms with E-state index in [1.54, 1.807) is 24.1 Å². The first-order chi connectivity index (χ1) is 13.9. The summed E-state index contributed by atoms with van der Waals surface area (Å²) in [5.74, 6) is -0.514. The van der Waals surface area contributed by atoms with Crippen LogP contribution in [-0.4, -0.2) is 43.5 Å². The van der Waals surface area contributed by atoms with E-state index in [1.807, 2.05) is 38.1 Å². The second-order valence-corrected chi connectivity index (χ2v) is 7.82. The standard InChI is InChI=1S/C23H27FN2O3/c1-15(2)12-25-22(27)20-14-26(23(28)18-6-4-5-7-21(18)24)13-19(20)16-8-10-17(29-3)11-9-16/h4-11,15,19-20H,12-14H2,1-3H3,(H,25,27)/t19-,20-/m1/s1. The Balaban J connectivity index is 1.85. The minimum atomic E-state index is -0.550. The number of hydrogen-bond acceptors (Lipinski definition) is 3. The summed E-state index contributed by atoms with van der Waals surface area (Å²) in [4.78, 5) is 27.4. The van der Waals surface area contributed by atoms with Crippen LogP contribution < -0.4 is 10.1 Å². The predicted octanol–water partition coefficient (Wildman–Crippen LogP) is 3.46. The Kier molecular flexibility index (Phi) is 6.52. The third-order valence-electron chi connectivity index (χ3n) is 5.28. The van der Waals surface area contributed by atoms with Gasteiger partial charge in [0.1, 0.15) is 11.6 Å². The number of methoxy groups -OCH3 is 1. The molecule has 0 bridgehead atoms. The fourth-order valence-electron chi connectivity index (χ4n) is 3.66. The molecule has 1 N–H and O–H groups in total. The average Bonchev–Trinajstić information content (AvgIpc) is 3.17. The van der Waals surface area contributed by atoms with Gasteiger partial charge >= 0.3 is 0 Å². The molecule has 1 aliphatic heterocycles. The van der Waals surface area contributed by atoms with Crippen LogP contribution in [0.2, 0.25) is 0 Å². The van der Waals surface area contributed by atoms with E-state index in [0.29, 0.717) is 19.0 Å². The monoisotopic (exact) mass is 398 g/mol. The number of halogens is 1. The van der Waals surface area contributed by atoms with E-state index in [9.17, 15) is 14.0 Å². The first-order valence-electron chi connectivity index (χ1n) is 9.86. The Morgan fingerprint density at radius 3 is 2.45 bits per heavy atom. The summed E-state index contributed by atoms with van der Waals surface area (Å²) in [6, 6.07) is 13.5. The van der Waals surface area contributed by atoms with Crippen molar-refractivity contribution in [3.8, 4) is 5.75 Å². The molecule has 1 saturated heterocycles. The van der Waals surface area contributed by atoms with Crippen LogP contribution in [0.25, 0.3) is 0 Å². The lowest BCUT2D eigenvalue weighted by Crippen LogP contribution is -2.37. The van der Waals surface area contributed by atoms with Gasteiger partial charge in [-0.05, 0) is 35.7 Å². The largest absolute Gasteiger partial charge is 0.497 e. The zero-order valence-corrected chi connectivity index (χ0v) is 17.0. The van der Waals surface area contributed by atoms with Crippen LogP contribution in [0.3, 0.4) is 0 Å². The molecule has 0 radical (unpaired) electrons. The number of rotatable bonds is 6. The fourth-order valence-corrected chi connectivity index (χ4v) is 3.66. The number of carbonyl (C=O) groups excluding carboxylic acids is 2. The third kappa shape index (κ3) is 4.75. The van der Waals surface area contributed by atoms with E-state index < -0.39 is 11.7 Å². The molecule has 0 spiro atoms. The number of carbonyl (C=O) groups is 2. The van der Waals surface area contributed by atoms with Gasteiger partial charge in [-0.15, -0.1) is 0 Å². The molecule has 2 atom stereocenters. The molecule has 2 amide bonds. The average molecular weight is 398 g/mol. The quantitative estimate of drug-likeness (QED) is 0.811. The normalized spacial score (nSPS) is 18.7. The Morgan fingerprint density at radius 2 is 1.83 bits per heavy atom. The highest BCUT2D eigenvalue weighted by atomic mass is 19.1. The molecule has 6 heteroatoms. The smallest absolute Gasteiger partial charge is 0.256 e. The number of benzene rings is 2. The first kappa shape index (κ1) is 20.8. The van der Waals surface area contributed by atoms with Gasteiger partial charge in [0.05, 0.1) is 18.6 Å².